The van der Waals surface area contributed by atoms with E-state index in [4.69, 9.17) is 9.26 Å². The summed E-state index contributed by atoms with van der Waals surface area (Å²) < 4.78 is 23.3. The Morgan fingerprint density at radius 2 is 2.23 bits per heavy atom. The lowest BCUT2D eigenvalue weighted by atomic mass is 9.89. The van der Waals surface area contributed by atoms with E-state index in [0.717, 1.165) is 30.5 Å². The molecule has 116 valence electrons. The molecule has 0 aliphatic heterocycles. The number of aromatic nitrogens is 1. The Balaban J connectivity index is 1.58. The lowest BCUT2D eigenvalue weighted by Crippen LogP contribution is -2.21. The van der Waals surface area contributed by atoms with E-state index in [1.807, 2.05) is 0 Å². The number of rotatable bonds is 4. The van der Waals surface area contributed by atoms with Gasteiger partial charge in [-0.15, -0.1) is 0 Å². The largest absolute Gasteiger partial charge is 0.484 e. The second kappa shape index (κ2) is 6.17. The van der Waals surface area contributed by atoms with Crippen LogP contribution in [0.15, 0.2) is 28.8 Å². The van der Waals surface area contributed by atoms with Gasteiger partial charge in [0.2, 0.25) is 5.88 Å². The monoisotopic (exact) mass is 304 g/mol. The van der Waals surface area contributed by atoms with E-state index < -0.39 is 0 Å². The van der Waals surface area contributed by atoms with Crippen LogP contribution in [-0.2, 0) is 17.6 Å². The van der Waals surface area contributed by atoms with Crippen LogP contribution in [-0.4, -0.2) is 17.7 Å². The molecule has 1 aromatic carbocycles. The molecule has 0 spiro atoms. The summed E-state index contributed by atoms with van der Waals surface area (Å²) >= 11 is 0. The van der Waals surface area contributed by atoms with Gasteiger partial charge in [0.1, 0.15) is 11.6 Å². The van der Waals surface area contributed by atoms with Gasteiger partial charge in [0.25, 0.3) is 5.91 Å². The van der Waals surface area contributed by atoms with Gasteiger partial charge >= 0.3 is 0 Å². The molecule has 6 heteroatoms. The lowest BCUT2D eigenvalue weighted by Gasteiger charge is -2.16. The molecule has 1 amide bonds. The number of aryl methyl sites for hydroxylation is 1. The Morgan fingerprint density at radius 1 is 1.45 bits per heavy atom. The zero-order valence-electron chi connectivity index (χ0n) is 12.3. The molecule has 1 N–H and O–H groups in total. The maximum Gasteiger partial charge on any atom is 0.264 e. The molecule has 5 nitrogen and oxygen atoms in total. The number of carbonyl (C=O) groups is 1. The van der Waals surface area contributed by atoms with Gasteiger partial charge < -0.3 is 9.26 Å². The van der Waals surface area contributed by atoms with Gasteiger partial charge in [0.15, 0.2) is 6.61 Å². The Labute approximate surface area is 127 Å². The van der Waals surface area contributed by atoms with E-state index in [9.17, 15) is 9.18 Å². The van der Waals surface area contributed by atoms with E-state index in [-0.39, 0.29) is 18.3 Å². The van der Waals surface area contributed by atoms with Gasteiger partial charge in [-0.1, -0.05) is 12.1 Å². The van der Waals surface area contributed by atoms with Gasteiger partial charge in [-0.3, -0.25) is 10.1 Å². The molecule has 2 aromatic rings. The van der Waals surface area contributed by atoms with Gasteiger partial charge in [-0.05, 0) is 49.4 Å². The first-order chi connectivity index (χ1) is 10.6. The number of anilines is 1. The van der Waals surface area contributed by atoms with Crippen molar-refractivity contribution in [3.63, 3.8) is 0 Å². The Hall–Kier alpha value is -2.37. The lowest BCUT2D eigenvalue weighted by molar-refractivity contribution is -0.118. The number of hydrogen-bond acceptors (Lipinski definition) is 4. The summed E-state index contributed by atoms with van der Waals surface area (Å²) in [4.78, 5) is 11.9. The molecule has 1 unspecified atom stereocenters. The molecular formula is C16H17FN2O3. The average Bonchev–Trinajstić information content (AvgIpc) is 2.89. The maximum absolute atomic E-state index is 12.8. The topological polar surface area (TPSA) is 64.4 Å². The van der Waals surface area contributed by atoms with Crippen molar-refractivity contribution < 1.29 is 18.4 Å². The van der Waals surface area contributed by atoms with E-state index >= 15 is 0 Å². The molecule has 22 heavy (non-hydrogen) atoms. The normalized spacial score (nSPS) is 16.9. The number of amides is 1. The highest BCUT2D eigenvalue weighted by Gasteiger charge is 2.24. The number of ether oxygens (including phenoxy) is 1. The summed E-state index contributed by atoms with van der Waals surface area (Å²) in [7, 11) is 0. The fourth-order valence-corrected chi connectivity index (χ4v) is 2.52. The second-order valence-corrected chi connectivity index (χ2v) is 5.58. The second-order valence-electron chi connectivity index (χ2n) is 5.58. The summed E-state index contributed by atoms with van der Waals surface area (Å²) in [6, 6.07) is 5.50. The van der Waals surface area contributed by atoms with E-state index in [2.05, 4.69) is 17.4 Å². The average molecular weight is 304 g/mol. The molecule has 0 bridgehead atoms. The van der Waals surface area contributed by atoms with Gasteiger partial charge in [-0.25, -0.2) is 4.39 Å². The highest BCUT2D eigenvalue weighted by atomic mass is 19.1. The van der Waals surface area contributed by atoms with Crippen LogP contribution in [0.3, 0.4) is 0 Å². The summed E-state index contributed by atoms with van der Waals surface area (Å²) in [5.41, 5.74) is 1.90. The van der Waals surface area contributed by atoms with Crippen LogP contribution in [0.1, 0.15) is 24.6 Å². The molecule has 0 saturated carbocycles. The molecule has 1 atom stereocenters. The Morgan fingerprint density at radius 3 is 3.00 bits per heavy atom. The third kappa shape index (κ3) is 3.27. The molecule has 1 aliphatic rings. The van der Waals surface area contributed by atoms with Crippen LogP contribution < -0.4 is 10.1 Å². The molecule has 1 aromatic heterocycles. The first-order valence-electron chi connectivity index (χ1n) is 7.27. The first-order valence-corrected chi connectivity index (χ1v) is 7.27. The number of carbonyl (C=O) groups excluding carboxylic acids is 1. The van der Waals surface area contributed by atoms with Gasteiger partial charge in [0.05, 0.1) is 5.69 Å². The van der Waals surface area contributed by atoms with Crippen molar-refractivity contribution in [3.05, 3.63) is 41.3 Å². The third-order valence-electron chi connectivity index (χ3n) is 3.73. The third-order valence-corrected chi connectivity index (χ3v) is 3.73. The van der Waals surface area contributed by atoms with Crippen LogP contribution in [0.2, 0.25) is 0 Å². The zero-order chi connectivity index (χ0) is 15.5. The molecule has 3 rings (SSSR count). The minimum absolute atomic E-state index is 0.170. The SMILES string of the molecule is CC1CCc2noc(NC(=O)COc3ccc(F)cc3)c2C1. The summed E-state index contributed by atoms with van der Waals surface area (Å²) in [5.74, 6) is 0.720. The van der Waals surface area contributed by atoms with Crippen LogP contribution in [0.5, 0.6) is 5.75 Å². The van der Waals surface area contributed by atoms with Crippen molar-refractivity contribution in [2.45, 2.75) is 26.2 Å². The standard InChI is InChI=1S/C16H17FN2O3/c1-10-2-7-14-13(8-10)16(22-19-14)18-15(20)9-21-12-5-3-11(17)4-6-12/h3-6,10H,2,7-9H2,1H3,(H,18,20). The van der Waals surface area contributed by atoms with Crippen molar-refractivity contribution in [1.29, 1.82) is 0 Å². The number of nitrogens with one attached hydrogen (secondary N) is 1. The van der Waals surface area contributed by atoms with E-state index in [1.165, 1.54) is 24.3 Å². The van der Waals surface area contributed by atoms with E-state index in [0.29, 0.717) is 17.6 Å². The predicted octanol–water partition coefficient (Wildman–Crippen LogP) is 2.96. The minimum atomic E-state index is -0.348. The quantitative estimate of drug-likeness (QED) is 0.943. The van der Waals surface area contributed by atoms with Crippen molar-refractivity contribution >= 4 is 11.8 Å². The van der Waals surface area contributed by atoms with Crippen LogP contribution in [0.4, 0.5) is 10.3 Å². The van der Waals surface area contributed by atoms with Crippen LogP contribution >= 0.6 is 0 Å². The molecule has 0 fully saturated rings. The number of nitrogens with zero attached hydrogens (tertiary/aromatic N) is 1. The number of hydrogen-bond donors (Lipinski definition) is 1. The van der Waals surface area contributed by atoms with Crippen molar-refractivity contribution in [1.82, 2.24) is 5.16 Å². The summed E-state index contributed by atoms with van der Waals surface area (Å²) in [6.07, 6.45) is 2.82. The molecular weight excluding hydrogens is 287 g/mol. The first kappa shape index (κ1) is 14.6. The van der Waals surface area contributed by atoms with Crippen molar-refractivity contribution in [3.8, 4) is 5.75 Å². The van der Waals surface area contributed by atoms with Crippen LogP contribution in [0.25, 0.3) is 0 Å². The van der Waals surface area contributed by atoms with Gasteiger partial charge in [0, 0.05) is 5.56 Å². The fraction of sp³-hybridized carbons (Fsp3) is 0.375. The number of fused-ring (bicyclic) bond motifs is 1. The fourth-order valence-electron chi connectivity index (χ4n) is 2.52. The highest BCUT2D eigenvalue weighted by Crippen LogP contribution is 2.30. The molecule has 0 radical (unpaired) electrons. The molecule has 0 saturated heterocycles. The van der Waals surface area contributed by atoms with Crippen molar-refractivity contribution in [2.75, 3.05) is 11.9 Å². The smallest absolute Gasteiger partial charge is 0.264 e. The number of halogens is 1. The van der Waals surface area contributed by atoms with Crippen LogP contribution in [0, 0.1) is 11.7 Å². The Kier molecular flexibility index (Phi) is 4.09. The number of benzene rings is 1. The summed E-state index contributed by atoms with van der Waals surface area (Å²) in [6.45, 7) is 2.00. The molecule has 1 aliphatic carbocycles. The highest BCUT2D eigenvalue weighted by molar-refractivity contribution is 5.91. The summed E-state index contributed by atoms with van der Waals surface area (Å²) in [5, 5.41) is 6.69. The van der Waals surface area contributed by atoms with Crippen molar-refractivity contribution in [2.24, 2.45) is 5.92 Å². The predicted molar refractivity (Wildman–Crippen MR) is 78.2 cm³/mol. The minimum Gasteiger partial charge on any atom is -0.484 e. The maximum atomic E-state index is 12.8. The molecule has 1 heterocycles. The van der Waals surface area contributed by atoms with E-state index in [1.54, 1.807) is 0 Å². The zero-order valence-corrected chi connectivity index (χ0v) is 12.3. The Bertz CT molecular complexity index is 667. The van der Waals surface area contributed by atoms with Gasteiger partial charge in [-0.2, -0.15) is 0 Å².